The standard InChI is InChI=1S/C17H20N4O/c18-15-11-19-16(14-4-2-1-3-13(14)15)20-7-9-21(10-8-20)17(22)12-5-6-12/h1-4,11-12H,5-10,18H2. The molecule has 1 amide bonds. The smallest absolute Gasteiger partial charge is 0.225 e. The molecule has 1 aliphatic heterocycles. The molecule has 1 saturated heterocycles. The van der Waals surface area contributed by atoms with Crippen molar-refractivity contribution in [2.45, 2.75) is 12.8 Å². The van der Waals surface area contributed by atoms with Crippen molar-refractivity contribution in [2.24, 2.45) is 5.92 Å². The first-order valence-electron chi connectivity index (χ1n) is 7.91. The zero-order valence-electron chi connectivity index (χ0n) is 12.5. The number of aromatic nitrogens is 1. The van der Waals surface area contributed by atoms with Crippen LogP contribution in [-0.4, -0.2) is 42.0 Å². The maximum absolute atomic E-state index is 12.1. The first-order valence-corrected chi connectivity index (χ1v) is 7.91. The normalized spacial score (nSPS) is 18.7. The largest absolute Gasteiger partial charge is 0.397 e. The SMILES string of the molecule is Nc1cnc(N2CCN(C(=O)C3CC3)CC2)c2ccccc12. The van der Waals surface area contributed by atoms with Crippen LogP contribution in [0, 0.1) is 5.92 Å². The predicted molar refractivity (Wildman–Crippen MR) is 87.7 cm³/mol. The zero-order chi connectivity index (χ0) is 15.1. The minimum absolute atomic E-state index is 0.307. The van der Waals surface area contributed by atoms with Gasteiger partial charge in [0.25, 0.3) is 0 Å². The summed E-state index contributed by atoms with van der Waals surface area (Å²) in [6.07, 6.45) is 3.88. The second-order valence-corrected chi connectivity index (χ2v) is 6.17. The van der Waals surface area contributed by atoms with Crippen LogP contribution in [0.5, 0.6) is 0 Å². The molecule has 1 saturated carbocycles. The summed E-state index contributed by atoms with van der Waals surface area (Å²) in [5, 5.41) is 2.13. The topological polar surface area (TPSA) is 62.5 Å². The van der Waals surface area contributed by atoms with Gasteiger partial charge in [-0.2, -0.15) is 0 Å². The fraction of sp³-hybridized carbons (Fsp3) is 0.412. The van der Waals surface area contributed by atoms with E-state index in [1.165, 1.54) is 0 Å². The van der Waals surface area contributed by atoms with E-state index in [0.717, 1.165) is 55.6 Å². The van der Waals surface area contributed by atoms with Crippen molar-refractivity contribution in [3.8, 4) is 0 Å². The van der Waals surface area contributed by atoms with E-state index in [1.54, 1.807) is 6.20 Å². The van der Waals surface area contributed by atoms with Crippen molar-refractivity contribution >= 4 is 28.2 Å². The molecular weight excluding hydrogens is 276 g/mol. The van der Waals surface area contributed by atoms with E-state index >= 15 is 0 Å². The van der Waals surface area contributed by atoms with Gasteiger partial charge in [-0.3, -0.25) is 4.79 Å². The van der Waals surface area contributed by atoms with Crippen LogP contribution < -0.4 is 10.6 Å². The lowest BCUT2D eigenvalue weighted by atomic mass is 10.1. The van der Waals surface area contributed by atoms with E-state index in [0.29, 0.717) is 17.5 Å². The van der Waals surface area contributed by atoms with Gasteiger partial charge in [-0.15, -0.1) is 0 Å². The molecule has 1 aromatic heterocycles. The van der Waals surface area contributed by atoms with Crippen molar-refractivity contribution in [3.05, 3.63) is 30.5 Å². The molecule has 1 aromatic carbocycles. The summed E-state index contributed by atoms with van der Waals surface area (Å²) >= 11 is 0. The summed E-state index contributed by atoms with van der Waals surface area (Å²) in [5.74, 6) is 1.63. The number of hydrogen-bond acceptors (Lipinski definition) is 4. The Balaban J connectivity index is 1.56. The van der Waals surface area contributed by atoms with Crippen molar-refractivity contribution in [1.29, 1.82) is 0 Å². The lowest BCUT2D eigenvalue weighted by molar-refractivity contribution is -0.132. The van der Waals surface area contributed by atoms with E-state index in [2.05, 4.69) is 16.0 Å². The van der Waals surface area contributed by atoms with E-state index in [4.69, 9.17) is 5.73 Å². The molecule has 22 heavy (non-hydrogen) atoms. The second kappa shape index (κ2) is 5.16. The lowest BCUT2D eigenvalue weighted by Crippen LogP contribution is -2.49. The molecule has 2 aliphatic rings. The van der Waals surface area contributed by atoms with Crippen LogP contribution >= 0.6 is 0 Å². The van der Waals surface area contributed by atoms with Crippen molar-refractivity contribution in [3.63, 3.8) is 0 Å². The molecule has 0 bridgehead atoms. The van der Waals surface area contributed by atoms with Gasteiger partial charge in [-0.05, 0) is 12.8 Å². The quantitative estimate of drug-likeness (QED) is 0.919. The minimum atomic E-state index is 0.307. The third kappa shape index (κ3) is 2.26. The van der Waals surface area contributed by atoms with Crippen LogP contribution in [0.1, 0.15) is 12.8 Å². The molecular formula is C17H20N4O. The third-order valence-corrected chi connectivity index (χ3v) is 4.62. The number of nitrogens with zero attached hydrogens (tertiary/aromatic N) is 3. The molecule has 2 heterocycles. The van der Waals surface area contributed by atoms with E-state index < -0.39 is 0 Å². The van der Waals surface area contributed by atoms with E-state index in [1.807, 2.05) is 23.1 Å². The maximum atomic E-state index is 12.1. The number of carbonyl (C=O) groups is 1. The Morgan fingerprint density at radius 2 is 1.77 bits per heavy atom. The summed E-state index contributed by atoms with van der Waals surface area (Å²) in [4.78, 5) is 21.0. The average Bonchev–Trinajstić information content (AvgIpc) is 3.40. The summed E-state index contributed by atoms with van der Waals surface area (Å²) < 4.78 is 0. The number of pyridine rings is 1. The highest BCUT2D eigenvalue weighted by atomic mass is 16.2. The maximum Gasteiger partial charge on any atom is 0.225 e. The third-order valence-electron chi connectivity index (χ3n) is 4.62. The van der Waals surface area contributed by atoms with Crippen LogP contribution in [0.15, 0.2) is 30.5 Å². The van der Waals surface area contributed by atoms with Gasteiger partial charge >= 0.3 is 0 Å². The Hall–Kier alpha value is -2.30. The summed E-state index contributed by atoms with van der Waals surface area (Å²) in [6, 6.07) is 8.10. The number of benzene rings is 1. The van der Waals surface area contributed by atoms with E-state index in [9.17, 15) is 4.79 Å². The molecule has 5 heteroatoms. The summed E-state index contributed by atoms with van der Waals surface area (Å²) in [7, 11) is 0. The predicted octanol–water partition coefficient (Wildman–Crippen LogP) is 1.88. The van der Waals surface area contributed by atoms with Crippen molar-refractivity contribution in [1.82, 2.24) is 9.88 Å². The fourth-order valence-corrected chi connectivity index (χ4v) is 3.18. The Morgan fingerprint density at radius 3 is 2.45 bits per heavy atom. The summed E-state index contributed by atoms with van der Waals surface area (Å²) in [6.45, 7) is 3.24. The van der Waals surface area contributed by atoms with Crippen LogP contribution in [-0.2, 0) is 4.79 Å². The van der Waals surface area contributed by atoms with Gasteiger partial charge < -0.3 is 15.5 Å². The Labute approximate surface area is 129 Å². The number of nitrogen functional groups attached to an aromatic ring is 1. The highest BCUT2D eigenvalue weighted by Crippen LogP contribution is 2.32. The molecule has 0 atom stereocenters. The molecule has 2 fully saturated rings. The van der Waals surface area contributed by atoms with E-state index in [-0.39, 0.29) is 0 Å². The Bertz CT molecular complexity index is 718. The first kappa shape index (κ1) is 13.4. The van der Waals surface area contributed by atoms with Crippen LogP contribution in [0.3, 0.4) is 0 Å². The Kier molecular flexibility index (Phi) is 3.13. The lowest BCUT2D eigenvalue weighted by Gasteiger charge is -2.36. The number of hydrogen-bond donors (Lipinski definition) is 1. The minimum Gasteiger partial charge on any atom is -0.397 e. The molecule has 2 aromatic rings. The molecule has 0 radical (unpaired) electrons. The number of piperazine rings is 1. The summed E-state index contributed by atoms with van der Waals surface area (Å²) in [5.41, 5.74) is 6.73. The zero-order valence-corrected chi connectivity index (χ0v) is 12.5. The van der Waals surface area contributed by atoms with Gasteiger partial charge in [0.15, 0.2) is 0 Å². The van der Waals surface area contributed by atoms with Gasteiger partial charge in [0, 0.05) is 42.9 Å². The average molecular weight is 296 g/mol. The van der Waals surface area contributed by atoms with Gasteiger partial charge in [0.1, 0.15) is 5.82 Å². The number of amides is 1. The number of nitrogens with two attached hydrogens (primary N) is 1. The first-order chi connectivity index (χ1) is 10.7. The number of fused-ring (bicyclic) bond motifs is 1. The number of carbonyl (C=O) groups excluding carboxylic acids is 1. The van der Waals surface area contributed by atoms with Gasteiger partial charge in [-0.1, -0.05) is 24.3 Å². The van der Waals surface area contributed by atoms with Gasteiger partial charge in [-0.25, -0.2) is 4.98 Å². The second-order valence-electron chi connectivity index (χ2n) is 6.17. The molecule has 0 unspecified atom stereocenters. The van der Waals surface area contributed by atoms with Gasteiger partial charge in [0.2, 0.25) is 5.91 Å². The molecule has 4 rings (SSSR count). The highest BCUT2D eigenvalue weighted by Gasteiger charge is 2.34. The van der Waals surface area contributed by atoms with Gasteiger partial charge in [0.05, 0.1) is 11.9 Å². The monoisotopic (exact) mass is 296 g/mol. The Morgan fingerprint density at radius 1 is 1.09 bits per heavy atom. The molecule has 1 aliphatic carbocycles. The highest BCUT2D eigenvalue weighted by molar-refractivity contribution is 5.99. The fourth-order valence-electron chi connectivity index (χ4n) is 3.18. The van der Waals surface area contributed by atoms with Crippen molar-refractivity contribution in [2.75, 3.05) is 36.8 Å². The van der Waals surface area contributed by atoms with Crippen LogP contribution in [0.4, 0.5) is 11.5 Å². The number of rotatable bonds is 2. The van der Waals surface area contributed by atoms with Crippen LogP contribution in [0.25, 0.3) is 10.8 Å². The molecule has 0 spiro atoms. The molecule has 2 N–H and O–H groups in total. The molecule has 114 valence electrons. The number of anilines is 2. The molecule has 5 nitrogen and oxygen atoms in total. The van der Waals surface area contributed by atoms with Crippen molar-refractivity contribution < 1.29 is 4.79 Å². The van der Waals surface area contributed by atoms with Crippen LogP contribution in [0.2, 0.25) is 0 Å².